The van der Waals surface area contributed by atoms with Gasteiger partial charge in [0, 0.05) is 13.8 Å². The van der Waals surface area contributed by atoms with Gasteiger partial charge >= 0.3 is 11.9 Å². The summed E-state index contributed by atoms with van der Waals surface area (Å²) in [7, 11) is 0. The molecule has 4 heterocycles. The van der Waals surface area contributed by atoms with Crippen molar-refractivity contribution in [2.75, 3.05) is 0 Å². The Bertz CT molecular complexity index is 1440. The molecule has 5 rings (SSSR count). The van der Waals surface area contributed by atoms with Crippen LogP contribution in [0, 0.1) is 12.3 Å². The minimum atomic E-state index is -1.04. The maximum absolute atomic E-state index is 11.8. The number of carbonyl (C=O) groups is 2. The van der Waals surface area contributed by atoms with Crippen LogP contribution in [0.15, 0.2) is 36.9 Å². The SMILES string of the molecule is C#C[C@H]1O[C@@H](n2cnc3c(On4nnc5ccccc54)ncnc32)[C@H](OC(C)=O)[C@@H]1OC(C)=O. The van der Waals surface area contributed by atoms with Gasteiger partial charge in [0.05, 0.1) is 6.33 Å². The van der Waals surface area contributed by atoms with Crippen LogP contribution in [-0.4, -0.2) is 64.9 Å². The highest BCUT2D eigenvalue weighted by atomic mass is 16.7. The van der Waals surface area contributed by atoms with Gasteiger partial charge in [-0.2, -0.15) is 4.98 Å². The van der Waals surface area contributed by atoms with Crippen LogP contribution in [0.2, 0.25) is 0 Å². The van der Waals surface area contributed by atoms with Crippen molar-refractivity contribution in [3.8, 4) is 18.2 Å². The van der Waals surface area contributed by atoms with Crippen molar-refractivity contribution in [1.29, 1.82) is 0 Å². The lowest BCUT2D eigenvalue weighted by Gasteiger charge is -2.23. The molecule has 172 valence electrons. The molecule has 3 aromatic heterocycles. The van der Waals surface area contributed by atoms with Crippen molar-refractivity contribution >= 4 is 34.1 Å². The Morgan fingerprint density at radius 2 is 1.85 bits per heavy atom. The van der Waals surface area contributed by atoms with E-state index in [1.165, 1.54) is 35.9 Å². The minimum Gasteiger partial charge on any atom is -0.455 e. The molecule has 4 aromatic rings. The van der Waals surface area contributed by atoms with Crippen molar-refractivity contribution in [2.24, 2.45) is 0 Å². The summed E-state index contributed by atoms with van der Waals surface area (Å²) in [6.07, 6.45) is 4.25. The van der Waals surface area contributed by atoms with Crippen LogP contribution in [-0.2, 0) is 23.8 Å². The molecular weight excluding hydrogens is 446 g/mol. The van der Waals surface area contributed by atoms with Crippen molar-refractivity contribution in [1.82, 2.24) is 34.7 Å². The van der Waals surface area contributed by atoms with E-state index in [1.807, 2.05) is 12.1 Å². The first-order valence-corrected chi connectivity index (χ1v) is 10.1. The van der Waals surface area contributed by atoms with Crippen molar-refractivity contribution in [3.63, 3.8) is 0 Å². The first-order valence-electron chi connectivity index (χ1n) is 10.1. The number of hydrogen-bond acceptors (Lipinski definition) is 11. The van der Waals surface area contributed by atoms with E-state index in [1.54, 1.807) is 12.1 Å². The number of ether oxygens (including phenoxy) is 3. The summed E-state index contributed by atoms with van der Waals surface area (Å²) in [5.74, 6) is 1.32. The second-order valence-corrected chi connectivity index (χ2v) is 7.31. The minimum absolute atomic E-state index is 0.103. The van der Waals surface area contributed by atoms with Gasteiger partial charge in [-0.25, -0.2) is 9.97 Å². The van der Waals surface area contributed by atoms with E-state index in [0.29, 0.717) is 16.7 Å². The molecule has 13 heteroatoms. The van der Waals surface area contributed by atoms with Crippen LogP contribution in [0.1, 0.15) is 20.1 Å². The molecule has 0 spiro atoms. The van der Waals surface area contributed by atoms with Gasteiger partial charge in [0.2, 0.25) is 0 Å². The lowest BCUT2D eigenvalue weighted by atomic mass is 10.1. The number of aromatic nitrogens is 7. The Labute approximate surface area is 191 Å². The second-order valence-electron chi connectivity index (χ2n) is 7.31. The van der Waals surface area contributed by atoms with E-state index in [2.05, 4.69) is 31.2 Å². The highest BCUT2D eigenvalue weighted by Gasteiger charge is 2.50. The number of para-hydroxylation sites is 1. The fourth-order valence-corrected chi connectivity index (χ4v) is 3.72. The van der Waals surface area contributed by atoms with Crippen LogP contribution < -0.4 is 4.84 Å². The monoisotopic (exact) mass is 463 g/mol. The Morgan fingerprint density at radius 3 is 2.62 bits per heavy atom. The van der Waals surface area contributed by atoms with E-state index in [0.717, 1.165) is 0 Å². The lowest BCUT2D eigenvalue weighted by molar-refractivity contribution is -0.165. The highest BCUT2D eigenvalue weighted by molar-refractivity contribution is 5.77. The highest BCUT2D eigenvalue weighted by Crippen LogP contribution is 2.36. The number of rotatable bonds is 5. The third-order valence-electron chi connectivity index (χ3n) is 5.05. The second kappa shape index (κ2) is 8.41. The van der Waals surface area contributed by atoms with Crippen molar-refractivity contribution in [3.05, 3.63) is 36.9 Å². The zero-order valence-electron chi connectivity index (χ0n) is 17.9. The molecule has 13 nitrogen and oxygen atoms in total. The molecular formula is C21H17N7O6. The van der Waals surface area contributed by atoms with Gasteiger partial charge in [0.15, 0.2) is 35.7 Å². The molecule has 4 atom stereocenters. The summed E-state index contributed by atoms with van der Waals surface area (Å²) in [6.45, 7) is 2.46. The van der Waals surface area contributed by atoms with Gasteiger partial charge in [0.25, 0.3) is 5.88 Å². The standard InChI is InChI=1S/C21H17N7O6/c1-4-15-17(31-11(2)29)18(32-12(3)30)21(33-15)27-10-24-16-19(27)22-9-23-20(16)34-28-14-8-6-5-7-13(14)25-26-28/h1,5-10,15,17-18,21H,2-3H3/t15-,17-,18-,21-/m1/s1. The average Bonchev–Trinajstić information content (AvgIpc) is 3.50. The number of carbonyl (C=O) groups excluding carboxylic acids is 2. The maximum Gasteiger partial charge on any atom is 0.303 e. The molecule has 0 N–H and O–H groups in total. The Morgan fingerprint density at radius 1 is 1.09 bits per heavy atom. The molecule has 1 aliphatic heterocycles. The molecule has 1 saturated heterocycles. The predicted molar refractivity (Wildman–Crippen MR) is 113 cm³/mol. The predicted octanol–water partition coefficient (Wildman–Crippen LogP) is 0.807. The molecule has 0 radical (unpaired) electrons. The molecule has 34 heavy (non-hydrogen) atoms. The number of nitrogens with zero attached hydrogens (tertiary/aromatic N) is 7. The molecule has 1 aliphatic rings. The lowest BCUT2D eigenvalue weighted by Crippen LogP contribution is -2.38. The largest absolute Gasteiger partial charge is 0.455 e. The zero-order valence-corrected chi connectivity index (χ0v) is 17.9. The summed E-state index contributed by atoms with van der Waals surface area (Å²) in [4.78, 5) is 43.2. The molecule has 0 saturated carbocycles. The zero-order chi connectivity index (χ0) is 23.8. The number of imidazole rings is 1. The van der Waals surface area contributed by atoms with E-state index >= 15 is 0 Å². The van der Waals surface area contributed by atoms with Crippen LogP contribution in [0.3, 0.4) is 0 Å². The van der Waals surface area contributed by atoms with Crippen LogP contribution in [0.5, 0.6) is 5.88 Å². The van der Waals surface area contributed by atoms with Gasteiger partial charge in [-0.05, 0) is 17.3 Å². The number of esters is 2. The van der Waals surface area contributed by atoms with E-state index < -0.39 is 36.5 Å². The summed E-state index contributed by atoms with van der Waals surface area (Å²) in [6, 6.07) is 7.24. The van der Waals surface area contributed by atoms with E-state index in [-0.39, 0.29) is 11.4 Å². The third-order valence-corrected chi connectivity index (χ3v) is 5.05. The van der Waals surface area contributed by atoms with Gasteiger partial charge in [-0.3, -0.25) is 14.2 Å². The van der Waals surface area contributed by atoms with E-state index in [9.17, 15) is 9.59 Å². The van der Waals surface area contributed by atoms with Crippen molar-refractivity contribution in [2.45, 2.75) is 38.4 Å². The summed E-state index contributed by atoms with van der Waals surface area (Å²) < 4.78 is 18.1. The Hall–Kier alpha value is -4.57. The molecule has 0 amide bonds. The topological polar surface area (TPSA) is 145 Å². The molecule has 0 unspecified atom stereocenters. The number of terminal acetylenes is 1. The molecule has 1 aromatic carbocycles. The molecule has 0 aliphatic carbocycles. The Balaban J connectivity index is 1.53. The van der Waals surface area contributed by atoms with E-state index in [4.69, 9.17) is 25.5 Å². The first kappa shape index (κ1) is 21.3. The van der Waals surface area contributed by atoms with Crippen molar-refractivity contribution < 1.29 is 28.6 Å². The van der Waals surface area contributed by atoms with Gasteiger partial charge in [0.1, 0.15) is 17.4 Å². The average molecular weight is 463 g/mol. The quantitative estimate of drug-likeness (QED) is 0.306. The Kier molecular flexibility index (Phi) is 5.27. The third kappa shape index (κ3) is 3.65. The normalized spacial score (nSPS) is 21.9. The number of hydrogen-bond donors (Lipinski definition) is 0. The van der Waals surface area contributed by atoms with Gasteiger partial charge in [-0.1, -0.05) is 22.9 Å². The smallest absolute Gasteiger partial charge is 0.303 e. The maximum atomic E-state index is 11.8. The summed E-state index contributed by atoms with van der Waals surface area (Å²) in [5.41, 5.74) is 1.85. The summed E-state index contributed by atoms with van der Waals surface area (Å²) in [5, 5.41) is 8.02. The molecule has 0 bridgehead atoms. The van der Waals surface area contributed by atoms with Crippen LogP contribution >= 0.6 is 0 Å². The number of benzene rings is 1. The van der Waals surface area contributed by atoms with Crippen LogP contribution in [0.4, 0.5) is 0 Å². The number of fused-ring (bicyclic) bond motifs is 2. The molecule has 1 fully saturated rings. The fraction of sp³-hybridized carbons (Fsp3) is 0.286. The van der Waals surface area contributed by atoms with Crippen LogP contribution in [0.25, 0.3) is 22.2 Å². The first-order chi connectivity index (χ1) is 16.5. The van der Waals surface area contributed by atoms with Gasteiger partial charge in [-0.15, -0.1) is 11.5 Å². The summed E-state index contributed by atoms with van der Waals surface area (Å²) >= 11 is 0. The fourth-order valence-electron chi connectivity index (χ4n) is 3.72. The van der Waals surface area contributed by atoms with Gasteiger partial charge < -0.3 is 19.0 Å².